The maximum atomic E-state index is 5.73. The first-order chi connectivity index (χ1) is 5.97. The molecule has 3 heteroatoms. The van der Waals surface area contributed by atoms with E-state index < -0.39 is 8.07 Å². The third-order valence-electron chi connectivity index (χ3n) is 1.31. The zero-order valence-corrected chi connectivity index (χ0v) is 9.81. The molecule has 0 radical (unpaired) electrons. The van der Waals surface area contributed by atoms with E-state index in [1.54, 1.807) is 12.3 Å². The Morgan fingerprint density at radius 1 is 1.38 bits per heavy atom. The van der Waals surface area contributed by atoms with E-state index in [-0.39, 0.29) is 0 Å². The van der Waals surface area contributed by atoms with Gasteiger partial charge in [0.15, 0.2) is 0 Å². The zero-order valence-electron chi connectivity index (χ0n) is 8.06. The Balaban J connectivity index is 2.90. The summed E-state index contributed by atoms with van der Waals surface area (Å²) in [6.07, 6.45) is 1.68. The summed E-state index contributed by atoms with van der Waals surface area (Å²) in [5.74, 6) is 3.11. The minimum atomic E-state index is -1.28. The van der Waals surface area contributed by atoms with Gasteiger partial charge in [0.1, 0.15) is 13.2 Å². The van der Waals surface area contributed by atoms with Crippen molar-refractivity contribution >= 4 is 19.7 Å². The lowest BCUT2D eigenvalue weighted by Crippen LogP contribution is -2.16. The molecule has 1 aromatic rings. The van der Waals surface area contributed by atoms with E-state index in [9.17, 15) is 0 Å². The van der Waals surface area contributed by atoms with Gasteiger partial charge in [-0.25, -0.2) is 4.98 Å². The molecule has 0 aliphatic rings. The molecule has 0 bridgehead atoms. The number of nitrogens with zero attached hydrogens (tertiary/aromatic N) is 1. The van der Waals surface area contributed by atoms with E-state index in [0.29, 0.717) is 5.15 Å². The number of halogens is 1. The van der Waals surface area contributed by atoms with Gasteiger partial charge in [0.2, 0.25) is 0 Å². The van der Waals surface area contributed by atoms with Gasteiger partial charge in [-0.3, -0.25) is 0 Å². The molecule has 0 N–H and O–H groups in total. The van der Waals surface area contributed by atoms with Crippen LogP contribution >= 0.6 is 11.6 Å². The minimum absolute atomic E-state index is 0.502. The maximum Gasteiger partial charge on any atom is 0.130 e. The first-order valence-electron chi connectivity index (χ1n) is 4.12. The van der Waals surface area contributed by atoms with Crippen LogP contribution < -0.4 is 0 Å². The summed E-state index contributed by atoms with van der Waals surface area (Å²) in [7, 11) is -1.28. The van der Waals surface area contributed by atoms with Crippen molar-refractivity contribution in [3.05, 3.63) is 29.0 Å². The second kappa shape index (κ2) is 3.95. The van der Waals surface area contributed by atoms with Crippen LogP contribution in [0.25, 0.3) is 0 Å². The summed E-state index contributed by atoms with van der Waals surface area (Å²) >= 11 is 5.73. The van der Waals surface area contributed by atoms with Crippen LogP contribution in [-0.2, 0) is 0 Å². The molecule has 68 valence electrons. The van der Waals surface area contributed by atoms with Crippen LogP contribution in [0.3, 0.4) is 0 Å². The first-order valence-corrected chi connectivity index (χ1v) is 8.00. The second-order valence-electron chi connectivity index (χ2n) is 3.87. The Hall–Kier alpha value is -0.783. The largest absolute Gasteiger partial charge is 0.244 e. The highest BCUT2D eigenvalue weighted by Gasteiger charge is 2.07. The second-order valence-corrected chi connectivity index (χ2v) is 9.00. The van der Waals surface area contributed by atoms with Gasteiger partial charge in [-0.05, 0) is 12.1 Å². The molecule has 1 nitrogen and oxygen atoms in total. The number of hydrogen-bond acceptors (Lipinski definition) is 1. The van der Waals surface area contributed by atoms with Crippen molar-refractivity contribution in [3.63, 3.8) is 0 Å². The molecule has 1 rings (SSSR count). The van der Waals surface area contributed by atoms with Crippen molar-refractivity contribution in [3.8, 4) is 11.5 Å². The molecule has 13 heavy (non-hydrogen) atoms. The Labute approximate surface area is 85.2 Å². The van der Waals surface area contributed by atoms with Crippen molar-refractivity contribution in [2.24, 2.45) is 0 Å². The third kappa shape index (κ3) is 4.12. The van der Waals surface area contributed by atoms with Crippen LogP contribution in [0.15, 0.2) is 18.3 Å². The van der Waals surface area contributed by atoms with Gasteiger partial charge in [-0.2, -0.15) is 0 Å². The molecule has 0 fully saturated rings. The van der Waals surface area contributed by atoms with E-state index in [1.165, 1.54) is 0 Å². The fourth-order valence-corrected chi connectivity index (χ4v) is 1.43. The van der Waals surface area contributed by atoms with Crippen LogP contribution in [0, 0.1) is 11.5 Å². The molecule has 0 aliphatic heterocycles. The predicted octanol–water partition coefficient (Wildman–Crippen LogP) is 2.96. The molecule has 0 aromatic carbocycles. The molecule has 0 saturated heterocycles. The monoisotopic (exact) mass is 209 g/mol. The van der Waals surface area contributed by atoms with E-state index >= 15 is 0 Å². The van der Waals surface area contributed by atoms with Crippen LogP contribution in [0.1, 0.15) is 5.56 Å². The number of pyridine rings is 1. The van der Waals surface area contributed by atoms with Crippen LogP contribution in [0.4, 0.5) is 0 Å². The standard InChI is InChI=1S/C10H12ClNSi/c1-13(2,3)7-5-9-4-6-12-10(11)8-9/h4,6,8H,1-3H3. The van der Waals surface area contributed by atoms with Crippen molar-refractivity contribution in [2.45, 2.75) is 19.6 Å². The predicted molar refractivity (Wildman–Crippen MR) is 59.5 cm³/mol. The van der Waals surface area contributed by atoms with Gasteiger partial charge in [-0.15, -0.1) is 5.54 Å². The average molecular weight is 210 g/mol. The molecule has 0 amide bonds. The van der Waals surface area contributed by atoms with E-state index in [1.807, 2.05) is 6.07 Å². The molecule has 1 aromatic heterocycles. The number of hydrogen-bond donors (Lipinski definition) is 0. The SMILES string of the molecule is C[Si](C)(C)C#Cc1ccnc(Cl)c1. The highest BCUT2D eigenvalue weighted by atomic mass is 35.5. The molecular formula is C10H12ClNSi. The van der Waals surface area contributed by atoms with Crippen LogP contribution in [0.5, 0.6) is 0 Å². The highest BCUT2D eigenvalue weighted by molar-refractivity contribution is 6.83. The molecule has 1 heterocycles. The summed E-state index contributed by atoms with van der Waals surface area (Å²) in [6.45, 7) is 6.63. The quantitative estimate of drug-likeness (QED) is 0.364. The smallest absolute Gasteiger partial charge is 0.130 e. The summed E-state index contributed by atoms with van der Waals surface area (Å²) in [4.78, 5) is 3.89. The van der Waals surface area contributed by atoms with Crippen molar-refractivity contribution in [2.75, 3.05) is 0 Å². The molecular weight excluding hydrogens is 198 g/mol. The molecule has 0 aliphatic carbocycles. The van der Waals surface area contributed by atoms with E-state index in [0.717, 1.165) is 5.56 Å². The summed E-state index contributed by atoms with van der Waals surface area (Å²) in [5, 5.41) is 0.502. The summed E-state index contributed by atoms with van der Waals surface area (Å²) < 4.78 is 0. The maximum absolute atomic E-state index is 5.73. The molecule has 0 saturated carbocycles. The Kier molecular flexibility index (Phi) is 3.13. The number of aromatic nitrogens is 1. The zero-order chi connectivity index (χ0) is 9.90. The Morgan fingerprint density at radius 3 is 2.62 bits per heavy atom. The molecule has 0 atom stereocenters. The van der Waals surface area contributed by atoms with Gasteiger partial charge in [0.25, 0.3) is 0 Å². The summed E-state index contributed by atoms with van der Waals surface area (Å²) in [6, 6.07) is 3.66. The lowest BCUT2D eigenvalue weighted by atomic mass is 10.3. The normalized spacial score (nSPS) is 10.5. The Bertz CT molecular complexity index is 357. The van der Waals surface area contributed by atoms with Gasteiger partial charge in [0, 0.05) is 11.8 Å². The van der Waals surface area contributed by atoms with Gasteiger partial charge < -0.3 is 0 Å². The highest BCUT2D eigenvalue weighted by Crippen LogP contribution is 2.06. The average Bonchev–Trinajstić information content (AvgIpc) is 2.00. The summed E-state index contributed by atoms with van der Waals surface area (Å²) in [5.41, 5.74) is 4.21. The lowest BCUT2D eigenvalue weighted by molar-refractivity contribution is 1.32. The number of rotatable bonds is 0. The fourth-order valence-electron chi connectivity index (χ4n) is 0.740. The van der Waals surface area contributed by atoms with Crippen molar-refractivity contribution in [1.82, 2.24) is 4.98 Å². The van der Waals surface area contributed by atoms with E-state index in [4.69, 9.17) is 11.6 Å². The van der Waals surface area contributed by atoms with Gasteiger partial charge >= 0.3 is 0 Å². The van der Waals surface area contributed by atoms with Gasteiger partial charge in [0.05, 0.1) is 0 Å². The lowest BCUT2D eigenvalue weighted by Gasteiger charge is -2.03. The van der Waals surface area contributed by atoms with E-state index in [2.05, 4.69) is 36.1 Å². The Morgan fingerprint density at radius 2 is 2.08 bits per heavy atom. The van der Waals surface area contributed by atoms with Crippen LogP contribution in [0.2, 0.25) is 24.8 Å². The minimum Gasteiger partial charge on any atom is -0.244 e. The molecule has 0 spiro atoms. The van der Waals surface area contributed by atoms with Gasteiger partial charge in [-0.1, -0.05) is 37.2 Å². The topological polar surface area (TPSA) is 12.9 Å². The third-order valence-corrected chi connectivity index (χ3v) is 2.39. The first kappa shape index (κ1) is 10.3. The fraction of sp³-hybridized carbons (Fsp3) is 0.300. The van der Waals surface area contributed by atoms with Crippen molar-refractivity contribution in [1.29, 1.82) is 0 Å². The van der Waals surface area contributed by atoms with Crippen molar-refractivity contribution < 1.29 is 0 Å². The molecule has 0 unspecified atom stereocenters. The van der Waals surface area contributed by atoms with Crippen LogP contribution in [-0.4, -0.2) is 13.1 Å².